The summed E-state index contributed by atoms with van der Waals surface area (Å²) >= 11 is 0. The summed E-state index contributed by atoms with van der Waals surface area (Å²) < 4.78 is 1.36. The molecule has 1 aliphatic rings. The van der Waals surface area contributed by atoms with Crippen LogP contribution in [-0.4, -0.2) is 38.7 Å². The van der Waals surface area contributed by atoms with Crippen molar-refractivity contribution < 1.29 is 0 Å². The molecule has 0 saturated carbocycles. The van der Waals surface area contributed by atoms with Gasteiger partial charge in [-0.25, -0.2) is 19.3 Å². The van der Waals surface area contributed by atoms with Crippen LogP contribution in [0.4, 0.5) is 5.82 Å². The van der Waals surface area contributed by atoms with Crippen LogP contribution in [0.5, 0.6) is 0 Å². The van der Waals surface area contributed by atoms with Gasteiger partial charge in [0.25, 0.3) is 0 Å². The van der Waals surface area contributed by atoms with Gasteiger partial charge in [-0.15, -0.1) is 0 Å². The minimum atomic E-state index is -0.274. The van der Waals surface area contributed by atoms with Crippen molar-refractivity contribution in [3.05, 3.63) is 22.9 Å². The number of nitrogens with two attached hydrogens (primary N) is 1. The van der Waals surface area contributed by atoms with Crippen LogP contribution in [-0.2, 0) is 0 Å². The van der Waals surface area contributed by atoms with Gasteiger partial charge in [0, 0.05) is 25.2 Å². The number of aromatic nitrogens is 4. The molecule has 7 nitrogen and oxygen atoms in total. The number of H-pyrrole nitrogens is 1. The van der Waals surface area contributed by atoms with Crippen molar-refractivity contribution in [1.29, 1.82) is 0 Å². The van der Waals surface area contributed by atoms with E-state index in [4.69, 9.17) is 5.73 Å². The van der Waals surface area contributed by atoms with Crippen LogP contribution in [0.15, 0.2) is 17.2 Å². The predicted molar refractivity (Wildman–Crippen MR) is 53.8 cm³/mol. The van der Waals surface area contributed by atoms with Crippen LogP contribution in [0, 0.1) is 0 Å². The lowest BCUT2D eigenvalue weighted by Crippen LogP contribution is -2.56. The van der Waals surface area contributed by atoms with E-state index in [0.29, 0.717) is 5.65 Å². The third kappa shape index (κ3) is 1.20. The van der Waals surface area contributed by atoms with Gasteiger partial charge in [-0.3, -0.25) is 0 Å². The maximum atomic E-state index is 11.2. The monoisotopic (exact) mass is 206 g/mol. The Hall–Kier alpha value is -1.89. The Morgan fingerprint density at radius 2 is 2.33 bits per heavy atom. The van der Waals surface area contributed by atoms with E-state index in [0.717, 1.165) is 18.9 Å². The van der Waals surface area contributed by atoms with Crippen LogP contribution in [0.25, 0.3) is 5.65 Å². The van der Waals surface area contributed by atoms with Gasteiger partial charge in [0.15, 0.2) is 5.65 Å². The molecule has 1 saturated heterocycles. The first kappa shape index (κ1) is 8.42. The van der Waals surface area contributed by atoms with E-state index in [1.54, 1.807) is 6.07 Å². The molecule has 7 heteroatoms. The summed E-state index contributed by atoms with van der Waals surface area (Å²) in [6.45, 7) is 1.61. The first-order chi connectivity index (χ1) is 7.24. The third-order valence-electron chi connectivity index (χ3n) is 2.53. The summed E-state index contributed by atoms with van der Waals surface area (Å²) in [5.74, 6) is 0.809. The number of anilines is 1. The van der Waals surface area contributed by atoms with Crippen LogP contribution >= 0.6 is 0 Å². The lowest BCUT2D eigenvalue weighted by Gasteiger charge is -2.37. The average Bonchev–Trinajstić information content (AvgIpc) is 2.55. The van der Waals surface area contributed by atoms with Crippen molar-refractivity contribution in [2.75, 3.05) is 18.0 Å². The van der Waals surface area contributed by atoms with Crippen molar-refractivity contribution in [2.24, 2.45) is 5.73 Å². The van der Waals surface area contributed by atoms with Crippen LogP contribution in [0.2, 0.25) is 0 Å². The van der Waals surface area contributed by atoms with Crippen molar-refractivity contribution in [3.63, 3.8) is 0 Å². The van der Waals surface area contributed by atoms with E-state index in [2.05, 4.69) is 15.2 Å². The Morgan fingerprint density at radius 1 is 1.53 bits per heavy atom. The molecule has 0 radical (unpaired) electrons. The fraction of sp³-hybridized carbons (Fsp3) is 0.375. The van der Waals surface area contributed by atoms with Gasteiger partial charge in [0.2, 0.25) is 0 Å². The number of nitrogens with zero attached hydrogens (tertiary/aromatic N) is 4. The predicted octanol–water partition coefficient (Wildman–Crippen LogP) is -1.44. The molecule has 1 fully saturated rings. The zero-order chi connectivity index (χ0) is 10.4. The molecule has 78 valence electrons. The van der Waals surface area contributed by atoms with Crippen molar-refractivity contribution >= 4 is 11.5 Å². The topological polar surface area (TPSA) is 92.3 Å². The van der Waals surface area contributed by atoms with Gasteiger partial charge in [0.05, 0.1) is 0 Å². The van der Waals surface area contributed by atoms with Crippen molar-refractivity contribution in [3.8, 4) is 0 Å². The van der Waals surface area contributed by atoms with Crippen molar-refractivity contribution in [1.82, 2.24) is 19.6 Å². The van der Waals surface area contributed by atoms with E-state index < -0.39 is 0 Å². The smallest absolute Gasteiger partial charge is 0.348 e. The summed E-state index contributed by atoms with van der Waals surface area (Å²) in [4.78, 5) is 17.4. The van der Waals surface area contributed by atoms with Crippen LogP contribution < -0.4 is 16.3 Å². The standard InChI is InChI=1S/C8H10N6O/c9-5-2-13(3-5)6-1-7-11-12-8(15)14(7)4-10-6/h1,4-5H,2-3,9H2,(H,12,15). The fourth-order valence-electron chi connectivity index (χ4n) is 1.67. The van der Waals surface area contributed by atoms with Gasteiger partial charge in [-0.05, 0) is 0 Å². The lowest BCUT2D eigenvalue weighted by atomic mass is 10.1. The number of rotatable bonds is 1. The second kappa shape index (κ2) is 2.80. The first-order valence-corrected chi connectivity index (χ1v) is 4.67. The van der Waals surface area contributed by atoms with Gasteiger partial charge in [0.1, 0.15) is 12.1 Å². The Morgan fingerprint density at radius 3 is 3.07 bits per heavy atom. The Balaban J connectivity index is 2.03. The van der Waals surface area contributed by atoms with Gasteiger partial charge < -0.3 is 10.6 Å². The summed E-state index contributed by atoms with van der Waals surface area (Å²) in [7, 11) is 0. The van der Waals surface area contributed by atoms with Crippen LogP contribution in [0.1, 0.15) is 0 Å². The summed E-state index contributed by atoms with van der Waals surface area (Å²) in [5, 5.41) is 6.23. The van der Waals surface area contributed by atoms with Gasteiger partial charge >= 0.3 is 5.69 Å². The Kier molecular flexibility index (Phi) is 1.57. The molecule has 0 amide bonds. The quantitative estimate of drug-likeness (QED) is 0.596. The maximum absolute atomic E-state index is 11.2. The van der Waals surface area contributed by atoms with E-state index in [1.807, 2.05) is 4.90 Å². The molecule has 1 aliphatic heterocycles. The molecule has 0 bridgehead atoms. The molecule has 0 atom stereocenters. The lowest BCUT2D eigenvalue weighted by molar-refractivity contribution is 0.514. The number of hydrogen-bond acceptors (Lipinski definition) is 5. The molecular formula is C8H10N6O. The summed E-state index contributed by atoms with van der Waals surface area (Å²) in [6, 6.07) is 1.99. The zero-order valence-corrected chi connectivity index (χ0v) is 7.92. The van der Waals surface area contributed by atoms with Gasteiger partial charge in [-0.2, -0.15) is 5.10 Å². The molecule has 2 aromatic rings. The number of hydrogen-bond donors (Lipinski definition) is 2. The number of aromatic amines is 1. The highest BCUT2D eigenvalue weighted by molar-refractivity contribution is 5.51. The van der Waals surface area contributed by atoms with E-state index >= 15 is 0 Å². The van der Waals surface area contributed by atoms with E-state index in [9.17, 15) is 4.79 Å². The Bertz CT molecular complexity index is 552. The molecule has 3 heterocycles. The minimum absolute atomic E-state index is 0.226. The molecule has 0 unspecified atom stereocenters. The highest BCUT2D eigenvalue weighted by atomic mass is 16.1. The molecule has 0 spiro atoms. The highest BCUT2D eigenvalue weighted by Crippen LogP contribution is 2.17. The zero-order valence-electron chi connectivity index (χ0n) is 7.92. The fourth-order valence-corrected chi connectivity index (χ4v) is 1.67. The highest BCUT2D eigenvalue weighted by Gasteiger charge is 2.24. The second-order valence-electron chi connectivity index (χ2n) is 3.67. The normalized spacial score (nSPS) is 17.0. The summed E-state index contributed by atoms with van der Waals surface area (Å²) in [6.07, 6.45) is 1.47. The molecular weight excluding hydrogens is 196 g/mol. The molecule has 0 aliphatic carbocycles. The number of nitrogens with one attached hydrogen (secondary N) is 1. The molecule has 2 aromatic heterocycles. The molecule has 3 N–H and O–H groups in total. The minimum Gasteiger partial charge on any atom is -0.353 e. The second-order valence-corrected chi connectivity index (χ2v) is 3.67. The maximum Gasteiger partial charge on any atom is 0.348 e. The molecule has 0 aromatic carbocycles. The van der Waals surface area contributed by atoms with Crippen molar-refractivity contribution in [2.45, 2.75) is 6.04 Å². The largest absolute Gasteiger partial charge is 0.353 e. The van der Waals surface area contributed by atoms with Gasteiger partial charge in [-0.1, -0.05) is 0 Å². The SMILES string of the molecule is NC1CN(c2cc3n[nH]c(=O)n3cn2)C1. The van der Waals surface area contributed by atoms with Crippen LogP contribution in [0.3, 0.4) is 0 Å². The number of fused-ring (bicyclic) bond motifs is 1. The first-order valence-electron chi connectivity index (χ1n) is 4.67. The van der Waals surface area contributed by atoms with E-state index in [-0.39, 0.29) is 11.7 Å². The molecule has 15 heavy (non-hydrogen) atoms. The summed E-state index contributed by atoms with van der Waals surface area (Å²) in [5.41, 5.74) is 5.98. The Labute approximate surface area is 84.5 Å². The third-order valence-corrected chi connectivity index (χ3v) is 2.53. The van der Waals surface area contributed by atoms with E-state index in [1.165, 1.54) is 10.7 Å². The molecule has 3 rings (SSSR count). The average molecular weight is 206 g/mol.